The first-order valence-corrected chi connectivity index (χ1v) is 6.69. The maximum absolute atomic E-state index is 13.4. The third-order valence-corrected chi connectivity index (χ3v) is 3.49. The number of rotatable bonds is 6. The number of nitrogens with zero attached hydrogens (tertiary/aromatic N) is 1. The van der Waals surface area contributed by atoms with Crippen LogP contribution in [0.25, 0.3) is 0 Å². The van der Waals surface area contributed by atoms with E-state index in [0.29, 0.717) is 11.6 Å². The average Bonchev–Trinajstić information content (AvgIpc) is 2.72. The number of aromatic nitrogens is 2. The molecule has 0 aliphatic carbocycles. The third-order valence-electron chi connectivity index (χ3n) is 2.99. The molecule has 102 valence electrons. The second-order valence-electron chi connectivity index (χ2n) is 4.48. The van der Waals surface area contributed by atoms with Crippen molar-refractivity contribution >= 4 is 11.6 Å². The lowest BCUT2D eigenvalue weighted by Crippen LogP contribution is -2.16. The van der Waals surface area contributed by atoms with E-state index in [1.165, 1.54) is 6.07 Å². The van der Waals surface area contributed by atoms with Gasteiger partial charge >= 0.3 is 0 Å². The van der Waals surface area contributed by atoms with Crippen molar-refractivity contribution in [1.82, 2.24) is 15.5 Å². The van der Waals surface area contributed by atoms with Crippen molar-refractivity contribution in [3.8, 4) is 0 Å². The summed E-state index contributed by atoms with van der Waals surface area (Å²) in [7, 11) is 0. The van der Waals surface area contributed by atoms with Gasteiger partial charge in [-0.1, -0.05) is 29.8 Å². The molecule has 2 aromatic rings. The minimum atomic E-state index is -0.131. The Morgan fingerprint density at radius 1 is 1.37 bits per heavy atom. The Labute approximate surface area is 117 Å². The molecule has 1 aromatic carbocycles. The quantitative estimate of drug-likeness (QED) is 0.798. The highest BCUT2D eigenvalue weighted by molar-refractivity contribution is 6.31. The normalized spacial score (nSPS) is 10.9. The fourth-order valence-electron chi connectivity index (χ4n) is 1.89. The van der Waals surface area contributed by atoms with Gasteiger partial charge in [-0.15, -0.1) is 0 Å². The van der Waals surface area contributed by atoms with E-state index in [1.807, 2.05) is 19.1 Å². The molecule has 3 nitrogen and oxygen atoms in total. The lowest BCUT2D eigenvalue weighted by atomic mass is 10.1. The number of aromatic amines is 1. The molecule has 5 heteroatoms. The molecule has 2 rings (SSSR count). The number of hydrogen-bond donors (Lipinski definition) is 2. The van der Waals surface area contributed by atoms with Gasteiger partial charge in [0, 0.05) is 6.54 Å². The molecule has 0 saturated carbocycles. The van der Waals surface area contributed by atoms with Gasteiger partial charge in [-0.2, -0.15) is 5.10 Å². The monoisotopic (exact) mass is 281 g/mol. The van der Waals surface area contributed by atoms with E-state index in [-0.39, 0.29) is 5.82 Å². The fourth-order valence-corrected chi connectivity index (χ4v) is 2.05. The molecule has 1 aromatic heterocycles. The van der Waals surface area contributed by atoms with Gasteiger partial charge in [-0.25, -0.2) is 4.39 Å². The Kier molecular flexibility index (Phi) is 4.93. The van der Waals surface area contributed by atoms with Crippen molar-refractivity contribution in [1.29, 1.82) is 0 Å². The molecule has 0 atom stereocenters. The molecule has 0 saturated heterocycles. The molecule has 0 aliphatic rings. The average molecular weight is 282 g/mol. The third kappa shape index (κ3) is 3.78. The van der Waals surface area contributed by atoms with Crippen molar-refractivity contribution in [2.75, 3.05) is 6.54 Å². The standard InChI is InChI=1S/C14H17ClFN3/c1-10-14(15)13(19-18-10)9-17-8-4-6-11-5-2-3-7-12(11)16/h2-3,5,7,17H,4,6,8-9H2,1H3,(H,18,19). The minimum Gasteiger partial charge on any atom is -0.311 e. The maximum atomic E-state index is 13.4. The van der Waals surface area contributed by atoms with E-state index in [4.69, 9.17) is 11.6 Å². The van der Waals surface area contributed by atoms with E-state index < -0.39 is 0 Å². The summed E-state index contributed by atoms with van der Waals surface area (Å²) in [5, 5.41) is 10.9. The summed E-state index contributed by atoms with van der Waals surface area (Å²) in [4.78, 5) is 0. The van der Waals surface area contributed by atoms with Gasteiger partial charge in [0.2, 0.25) is 0 Å². The molecule has 1 heterocycles. The first-order valence-electron chi connectivity index (χ1n) is 6.32. The highest BCUT2D eigenvalue weighted by Crippen LogP contribution is 2.16. The number of aryl methyl sites for hydroxylation is 2. The Morgan fingerprint density at radius 2 is 2.16 bits per heavy atom. The fraction of sp³-hybridized carbons (Fsp3) is 0.357. The number of halogens is 2. The topological polar surface area (TPSA) is 40.7 Å². The van der Waals surface area contributed by atoms with E-state index in [1.54, 1.807) is 6.07 Å². The van der Waals surface area contributed by atoms with Crippen molar-refractivity contribution in [2.45, 2.75) is 26.3 Å². The Bertz CT molecular complexity index is 539. The molecule has 0 unspecified atom stereocenters. The summed E-state index contributed by atoms with van der Waals surface area (Å²) in [6.07, 6.45) is 1.61. The Hall–Kier alpha value is -1.39. The smallest absolute Gasteiger partial charge is 0.126 e. The molecular formula is C14H17ClFN3. The first-order chi connectivity index (χ1) is 9.18. The Balaban J connectivity index is 1.70. The van der Waals surface area contributed by atoms with E-state index in [0.717, 1.165) is 36.3 Å². The zero-order valence-corrected chi connectivity index (χ0v) is 11.6. The van der Waals surface area contributed by atoms with Crippen LogP contribution in [0.1, 0.15) is 23.4 Å². The van der Waals surface area contributed by atoms with E-state index in [2.05, 4.69) is 15.5 Å². The number of benzene rings is 1. The van der Waals surface area contributed by atoms with Gasteiger partial charge in [-0.05, 0) is 37.9 Å². The van der Waals surface area contributed by atoms with Gasteiger partial charge in [0.05, 0.1) is 16.4 Å². The number of H-pyrrole nitrogens is 1. The summed E-state index contributed by atoms with van der Waals surface area (Å²) < 4.78 is 13.4. The molecular weight excluding hydrogens is 265 g/mol. The predicted octanol–water partition coefficient (Wildman–Crippen LogP) is 3.23. The van der Waals surface area contributed by atoms with Crippen LogP contribution in [0.2, 0.25) is 5.02 Å². The van der Waals surface area contributed by atoms with Gasteiger partial charge in [0.25, 0.3) is 0 Å². The molecule has 0 radical (unpaired) electrons. The predicted molar refractivity (Wildman–Crippen MR) is 74.8 cm³/mol. The molecule has 0 fully saturated rings. The molecule has 2 N–H and O–H groups in total. The van der Waals surface area contributed by atoms with Crippen LogP contribution < -0.4 is 5.32 Å². The van der Waals surface area contributed by atoms with Crippen molar-refractivity contribution in [2.24, 2.45) is 0 Å². The molecule has 0 amide bonds. The zero-order valence-electron chi connectivity index (χ0n) is 10.8. The molecule has 0 spiro atoms. The largest absolute Gasteiger partial charge is 0.311 e. The summed E-state index contributed by atoms with van der Waals surface area (Å²) in [5.74, 6) is -0.131. The number of nitrogens with one attached hydrogen (secondary N) is 2. The second-order valence-corrected chi connectivity index (χ2v) is 4.86. The molecule has 0 aliphatic heterocycles. The van der Waals surface area contributed by atoms with Crippen LogP contribution in [0.3, 0.4) is 0 Å². The van der Waals surface area contributed by atoms with Crippen LogP contribution in [-0.2, 0) is 13.0 Å². The van der Waals surface area contributed by atoms with Gasteiger partial charge in [-0.3, -0.25) is 5.10 Å². The Morgan fingerprint density at radius 3 is 2.84 bits per heavy atom. The zero-order chi connectivity index (χ0) is 13.7. The van der Waals surface area contributed by atoms with Crippen LogP contribution in [0.15, 0.2) is 24.3 Å². The highest BCUT2D eigenvalue weighted by atomic mass is 35.5. The summed E-state index contributed by atoms with van der Waals surface area (Å²) in [5.41, 5.74) is 2.47. The van der Waals surface area contributed by atoms with Crippen LogP contribution in [0, 0.1) is 12.7 Å². The highest BCUT2D eigenvalue weighted by Gasteiger charge is 2.06. The van der Waals surface area contributed by atoms with Crippen LogP contribution in [0.4, 0.5) is 4.39 Å². The van der Waals surface area contributed by atoms with Crippen LogP contribution in [-0.4, -0.2) is 16.7 Å². The first kappa shape index (κ1) is 14.0. The lowest BCUT2D eigenvalue weighted by molar-refractivity contribution is 0.591. The van der Waals surface area contributed by atoms with E-state index in [9.17, 15) is 4.39 Å². The SMILES string of the molecule is Cc1[nH]nc(CNCCCc2ccccc2F)c1Cl. The van der Waals surface area contributed by atoms with Gasteiger partial charge in [0.15, 0.2) is 0 Å². The van der Waals surface area contributed by atoms with Crippen molar-refractivity contribution < 1.29 is 4.39 Å². The minimum absolute atomic E-state index is 0.131. The van der Waals surface area contributed by atoms with Crippen LogP contribution >= 0.6 is 11.6 Å². The van der Waals surface area contributed by atoms with Crippen molar-refractivity contribution in [3.05, 3.63) is 52.1 Å². The molecule has 0 bridgehead atoms. The number of hydrogen-bond acceptors (Lipinski definition) is 2. The van der Waals surface area contributed by atoms with Crippen LogP contribution in [0.5, 0.6) is 0 Å². The van der Waals surface area contributed by atoms with Gasteiger partial charge in [0.1, 0.15) is 5.82 Å². The lowest BCUT2D eigenvalue weighted by Gasteiger charge is -2.04. The van der Waals surface area contributed by atoms with E-state index >= 15 is 0 Å². The summed E-state index contributed by atoms with van der Waals surface area (Å²) in [6, 6.07) is 6.88. The summed E-state index contributed by atoms with van der Waals surface area (Å²) >= 11 is 6.05. The van der Waals surface area contributed by atoms with Gasteiger partial charge < -0.3 is 5.32 Å². The molecule has 19 heavy (non-hydrogen) atoms. The second kappa shape index (κ2) is 6.68. The summed E-state index contributed by atoms with van der Waals surface area (Å²) in [6.45, 7) is 3.31. The maximum Gasteiger partial charge on any atom is 0.126 e. The van der Waals surface area contributed by atoms with Crippen molar-refractivity contribution in [3.63, 3.8) is 0 Å².